The topological polar surface area (TPSA) is 41.6 Å². The Morgan fingerprint density at radius 2 is 2.67 bits per heavy atom. The third kappa shape index (κ3) is 0.490. The smallest absolute Gasteiger partial charge is 0.221 e. The highest BCUT2D eigenvalue weighted by molar-refractivity contribution is 6.28. The van der Waals surface area contributed by atoms with Gasteiger partial charge in [0.1, 0.15) is 0 Å². The zero-order valence-corrected chi connectivity index (χ0v) is 3.53. The van der Waals surface area contributed by atoms with E-state index in [2.05, 4.69) is 21.5 Å². The summed E-state index contributed by atoms with van der Waals surface area (Å²) in [7, 11) is 0. The van der Waals surface area contributed by atoms with Gasteiger partial charge in [-0.15, -0.1) is 5.10 Å². The highest BCUT2D eigenvalue weighted by atomic mass is 35.5. The van der Waals surface area contributed by atoms with Crippen molar-refractivity contribution in [1.82, 2.24) is 15.2 Å². The molecule has 3 nitrogen and oxygen atoms in total. The summed E-state index contributed by atoms with van der Waals surface area (Å²) < 4.78 is 0. The molecule has 1 radical (unpaired) electrons. The second kappa shape index (κ2) is 1.26. The van der Waals surface area contributed by atoms with Gasteiger partial charge < -0.3 is 0 Å². The van der Waals surface area contributed by atoms with Crippen LogP contribution < -0.4 is 0 Å². The van der Waals surface area contributed by atoms with Gasteiger partial charge in [-0.05, 0) is 11.6 Å². The van der Waals surface area contributed by atoms with Crippen molar-refractivity contribution in [3.8, 4) is 0 Å². The van der Waals surface area contributed by atoms with E-state index < -0.39 is 0 Å². The third-order valence-corrected chi connectivity index (χ3v) is 0.515. The molecule has 1 aromatic heterocycles. The molecule has 0 fully saturated rings. The van der Waals surface area contributed by atoms with Crippen LogP contribution in [-0.4, -0.2) is 15.2 Å². The highest BCUT2D eigenvalue weighted by Crippen LogP contribution is 1.89. The van der Waals surface area contributed by atoms with Gasteiger partial charge in [0.05, 0.1) is 0 Å². The van der Waals surface area contributed by atoms with Crippen molar-refractivity contribution in [1.29, 1.82) is 0 Å². The second-order valence-corrected chi connectivity index (χ2v) is 1.08. The number of H-pyrrole nitrogens is 1. The molecule has 0 unspecified atom stereocenters. The van der Waals surface area contributed by atoms with Crippen molar-refractivity contribution in [3.05, 3.63) is 11.6 Å². The minimum Gasteiger partial charge on any atom is -0.249 e. The molecule has 1 aromatic rings. The second-order valence-electron chi connectivity index (χ2n) is 0.726. The summed E-state index contributed by atoms with van der Waals surface area (Å²) in [6.45, 7) is 0. The fourth-order valence-electron chi connectivity index (χ4n) is 0.165. The maximum atomic E-state index is 5.19. The molecular weight excluding hydrogens is 101 g/mol. The van der Waals surface area contributed by atoms with Crippen LogP contribution in [0.5, 0.6) is 0 Å². The van der Waals surface area contributed by atoms with Crippen molar-refractivity contribution >= 4 is 11.6 Å². The lowest BCUT2D eigenvalue weighted by molar-refractivity contribution is 1.08. The highest BCUT2D eigenvalue weighted by Gasteiger charge is 1.80. The van der Waals surface area contributed by atoms with Crippen molar-refractivity contribution in [2.24, 2.45) is 0 Å². The largest absolute Gasteiger partial charge is 0.249 e. The Morgan fingerprint density at radius 1 is 1.83 bits per heavy atom. The molecule has 6 heavy (non-hydrogen) atoms. The molecule has 0 spiro atoms. The number of hydrogen-bond acceptors (Lipinski definition) is 2. The molecule has 0 bridgehead atoms. The van der Waals surface area contributed by atoms with Gasteiger partial charge in [-0.1, -0.05) is 0 Å². The summed E-state index contributed by atoms with van der Waals surface area (Å²) in [4.78, 5) is 3.39. The maximum absolute atomic E-state index is 5.19. The summed E-state index contributed by atoms with van der Waals surface area (Å²) in [5.74, 6) is 0. The number of aromatic amines is 1. The van der Waals surface area contributed by atoms with Gasteiger partial charge in [-0.25, -0.2) is 5.10 Å². The van der Waals surface area contributed by atoms with Crippen LogP contribution in [-0.2, 0) is 0 Å². The number of hydrogen-bond donors (Lipinski definition) is 1. The Bertz CT molecular complexity index is 112. The van der Waals surface area contributed by atoms with Crippen molar-refractivity contribution < 1.29 is 0 Å². The Morgan fingerprint density at radius 3 is 2.83 bits per heavy atom. The first-order valence-corrected chi connectivity index (χ1v) is 1.71. The first-order chi connectivity index (χ1) is 2.89. The third-order valence-electron chi connectivity index (χ3n) is 0.346. The van der Waals surface area contributed by atoms with Gasteiger partial charge in [-0.2, -0.15) is 4.98 Å². The SMILES string of the molecule is Clc1n[c]n[nH]1. The summed E-state index contributed by atoms with van der Waals surface area (Å²) >= 11 is 5.19. The molecular formula is C2HClN3. The van der Waals surface area contributed by atoms with Crippen LogP contribution in [0.1, 0.15) is 0 Å². The molecule has 4 heteroatoms. The van der Waals surface area contributed by atoms with Crippen molar-refractivity contribution in [2.75, 3.05) is 0 Å². The number of halogens is 1. The standard InChI is InChI=1S/C2HClN3/c3-2-4-1-5-6-2/h(H,4,5,6). The first-order valence-electron chi connectivity index (χ1n) is 1.33. The predicted molar refractivity (Wildman–Crippen MR) is 20.2 cm³/mol. The van der Waals surface area contributed by atoms with E-state index in [0.717, 1.165) is 0 Å². The van der Waals surface area contributed by atoms with Crippen molar-refractivity contribution in [3.63, 3.8) is 0 Å². The molecule has 31 valence electrons. The Hall–Kier alpha value is -0.570. The van der Waals surface area contributed by atoms with E-state index in [1.54, 1.807) is 0 Å². The predicted octanol–water partition coefficient (Wildman–Crippen LogP) is 0.258. The van der Waals surface area contributed by atoms with Crippen LogP contribution in [0.4, 0.5) is 0 Å². The zero-order chi connectivity index (χ0) is 4.41. The molecule has 0 aliphatic heterocycles. The lowest BCUT2D eigenvalue weighted by Crippen LogP contribution is -1.60. The van der Waals surface area contributed by atoms with E-state index in [1.165, 1.54) is 0 Å². The van der Waals surface area contributed by atoms with E-state index in [0.29, 0.717) is 0 Å². The van der Waals surface area contributed by atoms with Crippen molar-refractivity contribution in [2.45, 2.75) is 0 Å². The molecule has 0 saturated heterocycles. The minimum absolute atomic E-state index is 0.273. The van der Waals surface area contributed by atoms with Crippen LogP contribution in [0.15, 0.2) is 0 Å². The van der Waals surface area contributed by atoms with E-state index >= 15 is 0 Å². The Balaban J connectivity index is 3.05. The molecule has 0 saturated carbocycles. The van der Waals surface area contributed by atoms with Crippen LogP contribution in [0, 0.1) is 6.33 Å². The summed E-state index contributed by atoms with van der Waals surface area (Å²) in [6.07, 6.45) is 2.24. The van der Waals surface area contributed by atoms with Crippen LogP contribution in [0.25, 0.3) is 0 Å². The molecule has 0 atom stereocenters. The molecule has 0 aliphatic rings. The normalized spacial score (nSPS) is 8.83. The molecule has 1 N–H and O–H groups in total. The quantitative estimate of drug-likeness (QED) is 0.511. The summed E-state index contributed by atoms with van der Waals surface area (Å²) in [6, 6.07) is 0. The summed E-state index contributed by atoms with van der Waals surface area (Å²) in [5, 5.41) is 5.95. The average Bonchev–Trinajstić information content (AvgIpc) is 1.86. The zero-order valence-electron chi connectivity index (χ0n) is 2.77. The van der Waals surface area contributed by atoms with Gasteiger partial charge in [-0.3, -0.25) is 0 Å². The molecule has 0 aromatic carbocycles. The van der Waals surface area contributed by atoms with Gasteiger partial charge in [0.25, 0.3) is 0 Å². The van der Waals surface area contributed by atoms with E-state index in [9.17, 15) is 0 Å². The molecule has 0 amide bonds. The number of aromatic nitrogens is 3. The van der Waals surface area contributed by atoms with E-state index in [4.69, 9.17) is 11.6 Å². The fourth-order valence-corrected chi connectivity index (χ4v) is 0.245. The lowest BCUT2D eigenvalue weighted by Gasteiger charge is -1.62. The lowest BCUT2D eigenvalue weighted by atomic mass is 11.3. The van der Waals surface area contributed by atoms with E-state index in [1.807, 2.05) is 0 Å². The van der Waals surface area contributed by atoms with Crippen LogP contribution in [0.3, 0.4) is 0 Å². The fraction of sp³-hybridized carbons (Fsp3) is 0. The van der Waals surface area contributed by atoms with Gasteiger partial charge in [0.2, 0.25) is 11.6 Å². The Kier molecular flexibility index (Phi) is 0.759. The molecule has 1 rings (SSSR count). The maximum Gasteiger partial charge on any atom is 0.221 e. The van der Waals surface area contributed by atoms with E-state index in [-0.39, 0.29) is 5.28 Å². The number of nitrogens with one attached hydrogen (secondary N) is 1. The first kappa shape index (κ1) is 3.61. The average molecular weight is 103 g/mol. The molecule has 0 aliphatic carbocycles. The van der Waals surface area contributed by atoms with Crippen LogP contribution >= 0.6 is 11.6 Å². The monoisotopic (exact) mass is 102 g/mol. The summed E-state index contributed by atoms with van der Waals surface area (Å²) in [5.41, 5.74) is 0. The Labute approximate surface area is 39.4 Å². The number of nitrogens with zero attached hydrogens (tertiary/aromatic N) is 2. The minimum atomic E-state index is 0.273. The van der Waals surface area contributed by atoms with Crippen LogP contribution in [0.2, 0.25) is 5.28 Å². The van der Waals surface area contributed by atoms with Gasteiger partial charge in [0, 0.05) is 0 Å². The number of rotatable bonds is 0. The van der Waals surface area contributed by atoms with Gasteiger partial charge in [0.15, 0.2) is 0 Å². The van der Waals surface area contributed by atoms with Gasteiger partial charge >= 0.3 is 0 Å². The molecule has 1 heterocycles.